The summed E-state index contributed by atoms with van der Waals surface area (Å²) < 4.78 is 18.8. The van der Waals surface area contributed by atoms with Gasteiger partial charge in [-0.1, -0.05) is 25.1 Å². The molecule has 0 spiro atoms. The Bertz CT molecular complexity index is 363. The summed E-state index contributed by atoms with van der Waals surface area (Å²) in [5.41, 5.74) is 0.101. The molecule has 2 rings (SSSR count). The molecule has 1 unspecified atom stereocenters. The second kappa shape index (κ2) is 4.52. The number of hydrogen-bond acceptors (Lipinski definition) is 2. The third-order valence-electron chi connectivity index (χ3n) is 3.32. The Kier molecular flexibility index (Phi) is 3.26. The quantitative estimate of drug-likeness (QED) is 0.848. The number of benzene rings is 1. The summed E-state index contributed by atoms with van der Waals surface area (Å²) in [5, 5.41) is 9.52. The van der Waals surface area contributed by atoms with E-state index in [9.17, 15) is 9.50 Å². The third kappa shape index (κ3) is 2.11. The summed E-state index contributed by atoms with van der Waals surface area (Å²) in [7, 11) is 0. The Labute approximate surface area is 95.1 Å². The van der Waals surface area contributed by atoms with Crippen LogP contribution in [-0.4, -0.2) is 24.9 Å². The van der Waals surface area contributed by atoms with Gasteiger partial charge in [-0.2, -0.15) is 0 Å². The zero-order valence-electron chi connectivity index (χ0n) is 9.45. The van der Waals surface area contributed by atoms with Crippen LogP contribution in [0, 0.1) is 11.7 Å². The van der Waals surface area contributed by atoms with Crippen molar-refractivity contribution < 1.29 is 14.2 Å². The van der Waals surface area contributed by atoms with Crippen LogP contribution in [0.4, 0.5) is 4.39 Å². The van der Waals surface area contributed by atoms with Gasteiger partial charge in [0.1, 0.15) is 5.82 Å². The molecule has 1 aliphatic heterocycles. The van der Waals surface area contributed by atoms with Crippen molar-refractivity contribution in [2.24, 2.45) is 5.92 Å². The molecule has 0 bridgehead atoms. The number of ether oxygens (including phenoxy) is 1. The highest BCUT2D eigenvalue weighted by Crippen LogP contribution is 2.34. The van der Waals surface area contributed by atoms with E-state index >= 15 is 0 Å². The zero-order chi connectivity index (χ0) is 11.6. The molecule has 0 aromatic heterocycles. The number of aliphatic hydroxyl groups is 1. The Hall–Kier alpha value is -0.930. The first-order chi connectivity index (χ1) is 7.65. The monoisotopic (exact) mass is 224 g/mol. The standard InChI is InChI=1S/C13H17FO2/c1-13(9-15,6-10-7-16-8-10)11-4-2-3-5-12(11)14/h2-5,10,15H,6-9H2,1H3. The van der Waals surface area contributed by atoms with Crippen LogP contribution in [0.3, 0.4) is 0 Å². The van der Waals surface area contributed by atoms with Crippen LogP contribution in [0.25, 0.3) is 0 Å². The van der Waals surface area contributed by atoms with Crippen molar-refractivity contribution in [1.29, 1.82) is 0 Å². The van der Waals surface area contributed by atoms with Gasteiger partial charge in [-0.05, 0) is 18.1 Å². The van der Waals surface area contributed by atoms with Crippen LogP contribution in [0.5, 0.6) is 0 Å². The molecule has 16 heavy (non-hydrogen) atoms. The first-order valence-electron chi connectivity index (χ1n) is 5.59. The average molecular weight is 224 g/mol. The van der Waals surface area contributed by atoms with Crippen molar-refractivity contribution in [2.45, 2.75) is 18.8 Å². The second-order valence-electron chi connectivity index (χ2n) is 4.81. The Morgan fingerprint density at radius 2 is 2.12 bits per heavy atom. The molecule has 0 radical (unpaired) electrons. The van der Waals surface area contributed by atoms with Crippen molar-refractivity contribution in [3.63, 3.8) is 0 Å². The summed E-state index contributed by atoms with van der Waals surface area (Å²) in [6.07, 6.45) is 0.768. The Balaban J connectivity index is 2.22. The van der Waals surface area contributed by atoms with Gasteiger partial charge in [-0.25, -0.2) is 4.39 Å². The van der Waals surface area contributed by atoms with Gasteiger partial charge < -0.3 is 9.84 Å². The van der Waals surface area contributed by atoms with E-state index in [2.05, 4.69) is 0 Å². The summed E-state index contributed by atoms with van der Waals surface area (Å²) >= 11 is 0. The van der Waals surface area contributed by atoms with Crippen molar-refractivity contribution >= 4 is 0 Å². The molecule has 1 N–H and O–H groups in total. The highest BCUT2D eigenvalue weighted by atomic mass is 19.1. The van der Waals surface area contributed by atoms with E-state index in [1.54, 1.807) is 12.1 Å². The van der Waals surface area contributed by atoms with E-state index in [-0.39, 0.29) is 12.4 Å². The smallest absolute Gasteiger partial charge is 0.127 e. The van der Waals surface area contributed by atoms with E-state index in [0.717, 1.165) is 19.6 Å². The highest BCUT2D eigenvalue weighted by Gasteiger charge is 2.34. The number of hydrogen-bond donors (Lipinski definition) is 1. The van der Waals surface area contributed by atoms with Gasteiger partial charge in [0, 0.05) is 11.3 Å². The summed E-state index contributed by atoms with van der Waals surface area (Å²) in [6.45, 7) is 3.32. The van der Waals surface area contributed by atoms with E-state index in [1.807, 2.05) is 13.0 Å². The van der Waals surface area contributed by atoms with Gasteiger partial charge in [0.05, 0.1) is 19.8 Å². The van der Waals surface area contributed by atoms with Gasteiger partial charge in [0.15, 0.2) is 0 Å². The van der Waals surface area contributed by atoms with Gasteiger partial charge in [0.25, 0.3) is 0 Å². The van der Waals surface area contributed by atoms with Crippen LogP contribution in [0.2, 0.25) is 0 Å². The van der Waals surface area contributed by atoms with E-state index < -0.39 is 5.41 Å². The predicted octanol–water partition coefficient (Wildman–Crippen LogP) is 2.11. The van der Waals surface area contributed by atoms with E-state index in [1.165, 1.54) is 6.07 Å². The number of aliphatic hydroxyl groups excluding tert-OH is 1. The van der Waals surface area contributed by atoms with Crippen LogP contribution >= 0.6 is 0 Å². The minimum Gasteiger partial charge on any atom is -0.395 e. The van der Waals surface area contributed by atoms with Crippen LogP contribution in [-0.2, 0) is 10.2 Å². The fourth-order valence-electron chi connectivity index (χ4n) is 2.25. The second-order valence-corrected chi connectivity index (χ2v) is 4.81. The van der Waals surface area contributed by atoms with Gasteiger partial charge in [0.2, 0.25) is 0 Å². The minimum absolute atomic E-state index is 0.0373. The first kappa shape index (κ1) is 11.6. The summed E-state index contributed by atoms with van der Waals surface area (Å²) in [4.78, 5) is 0. The third-order valence-corrected chi connectivity index (χ3v) is 3.32. The van der Waals surface area contributed by atoms with Crippen molar-refractivity contribution in [2.75, 3.05) is 19.8 Å². The fraction of sp³-hybridized carbons (Fsp3) is 0.538. The molecular formula is C13H17FO2. The molecule has 0 saturated carbocycles. The van der Waals surface area contributed by atoms with Crippen molar-refractivity contribution in [1.82, 2.24) is 0 Å². The molecule has 1 heterocycles. The highest BCUT2D eigenvalue weighted by molar-refractivity contribution is 5.26. The molecule has 88 valence electrons. The van der Waals surface area contributed by atoms with Crippen LogP contribution in [0.15, 0.2) is 24.3 Å². The molecule has 1 aliphatic rings. The van der Waals surface area contributed by atoms with Crippen molar-refractivity contribution in [3.05, 3.63) is 35.6 Å². The van der Waals surface area contributed by atoms with Crippen LogP contribution < -0.4 is 0 Å². The van der Waals surface area contributed by atoms with E-state index in [0.29, 0.717) is 11.5 Å². The lowest BCUT2D eigenvalue weighted by Gasteiger charge is -2.36. The molecule has 0 aliphatic carbocycles. The maximum absolute atomic E-state index is 13.7. The molecular weight excluding hydrogens is 207 g/mol. The molecule has 1 saturated heterocycles. The average Bonchev–Trinajstić information content (AvgIpc) is 2.24. The largest absolute Gasteiger partial charge is 0.395 e. The zero-order valence-corrected chi connectivity index (χ0v) is 9.45. The SMILES string of the molecule is CC(CO)(CC1COC1)c1ccccc1F. The first-order valence-corrected chi connectivity index (χ1v) is 5.59. The van der Waals surface area contributed by atoms with E-state index in [4.69, 9.17) is 4.74 Å². The molecule has 1 fully saturated rings. The summed E-state index contributed by atoms with van der Waals surface area (Å²) in [6, 6.07) is 6.68. The van der Waals surface area contributed by atoms with Gasteiger partial charge in [-0.15, -0.1) is 0 Å². The normalized spacial score (nSPS) is 20.2. The van der Waals surface area contributed by atoms with Crippen LogP contribution in [0.1, 0.15) is 18.9 Å². The number of halogens is 1. The molecule has 1 aromatic carbocycles. The molecule has 2 nitrogen and oxygen atoms in total. The maximum atomic E-state index is 13.7. The Morgan fingerprint density at radius 1 is 1.44 bits per heavy atom. The lowest BCUT2D eigenvalue weighted by Crippen LogP contribution is -2.38. The van der Waals surface area contributed by atoms with Gasteiger partial charge in [-0.3, -0.25) is 0 Å². The maximum Gasteiger partial charge on any atom is 0.127 e. The lowest BCUT2D eigenvalue weighted by atomic mass is 9.75. The predicted molar refractivity (Wildman–Crippen MR) is 59.8 cm³/mol. The van der Waals surface area contributed by atoms with Gasteiger partial charge >= 0.3 is 0 Å². The Morgan fingerprint density at radius 3 is 2.62 bits per heavy atom. The van der Waals surface area contributed by atoms with Crippen molar-refractivity contribution in [3.8, 4) is 0 Å². The molecule has 1 aromatic rings. The topological polar surface area (TPSA) is 29.5 Å². The fourth-order valence-corrected chi connectivity index (χ4v) is 2.25. The lowest BCUT2D eigenvalue weighted by molar-refractivity contribution is -0.0488. The minimum atomic E-state index is -0.500. The molecule has 3 heteroatoms. The molecule has 1 atom stereocenters. The molecule has 0 amide bonds. The number of rotatable bonds is 4. The summed E-state index contributed by atoms with van der Waals surface area (Å²) in [5.74, 6) is 0.205.